The molecular weight excluding hydrogens is 484 g/mol. The average Bonchev–Trinajstić information content (AvgIpc) is 2.85. The molecule has 0 radical (unpaired) electrons. The van der Waals surface area contributed by atoms with E-state index in [1.165, 1.54) is 6.92 Å². The van der Waals surface area contributed by atoms with Crippen molar-refractivity contribution in [2.75, 3.05) is 0 Å². The molecule has 6 heteroatoms. The average molecular weight is 517 g/mol. The number of nitrogens with zero attached hydrogens (tertiary/aromatic N) is 1. The van der Waals surface area contributed by atoms with E-state index in [0.29, 0.717) is 41.4 Å². The normalized spacial score (nSPS) is 22.6. The molecule has 1 atom stereocenters. The molecule has 1 aliphatic heterocycles. The van der Waals surface area contributed by atoms with Crippen LogP contribution >= 0.6 is 11.6 Å². The number of hydrogen-bond acceptors (Lipinski definition) is 4. The summed E-state index contributed by atoms with van der Waals surface area (Å²) in [6.45, 7) is 8.05. The van der Waals surface area contributed by atoms with Gasteiger partial charge in [-0.15, -0.1) is 0 Å². The lowest BCUT2D eigenvalue weighted by atomic mass is 9.73. The lowest BCUT2D eigenvalue weighted by Crippen LogP contribution is -2.38. The third kappa shape index (κ3) is 6.41. The summed E-state index contributed by atoms with van der Waals surface area (Å²) in [5.41, 5.74) is 3.80. The van der Waals surface area contributed by atoms with Crippen LogP contribution in [0.25, 0.3) is 0 Å². The lowest BCUT2D eigenvalue weighted by molar-refractivity contribution is -0.128. The number of carbonyl (C=O) groups is 2. The summed E-state index contributed by atoms with van der Waals surface area (Å²) < 4.78 is 5.97. The van der Waals surface area contributed by atoms with E-state index in [2.05, 4.69) is 19.2 Å². The fraction of sp³-hybridized carbons (Fsp3) is 0.290. The zero-order chi connectivity index (χ0) is 26.6. The first kappa shape index (κ1) is 26.5. The van der Waals surface area contributed by atoms with Gasteiger partial charge < -0.3 is 15.0 Å². The van der Waals surface area contributed by atoms with Gasteiger partial charge in [0.25, 0.3) is 0 Å². The van der Waals surface area contributed by atoms with Crippen LogP contribution in [0.2, 0.25) is 5.02 Å². The Labute approximate surface area is 224 Å². The summed E-state index contributed by atoms with van der Waals surface area (Å²) in [5.74, 6) is 0.428. The van der Waals surface area contributed by atoms with Gasteiger partial charge in [0.2, 0.25) is 5.91 Å². The van der Waals surface area contributed by atoms with Gasteiger partial charge in [-0.05, 0) is 54.2 Å². The molecule has 1 heterocycles. The van der Waals surface area contributed by atoms with E-state index < -0.39 is 6.04 Å². The molecule has 0 spiro atoms. The first-order valence-corrected chi connectivity index (χ1v) is 12.8. The number of Topliss-reactive ketones (excluding diaryl/α,β-unsaturated/α-hetero) is 1. The van der Waals surface area contributed by atoms with Crippen LogP contribution in [0.5, 0.6) is 5.75 Å². The maximum Gasteiger partial charge on any atom is 0.224 e. The number of amides is 1. The zero-order valence-electron chi connectivity index (χ0n) is 21.8. The molecule has 0 saturated heterocycles. The highest BCUT2D eigenvalue weighted by atomic mass is 35.5. The molecule has 2 aliphatic rings. The molecule has 5 nitrogen and oxygen atoms in total. The fourth-order valence-electron chi connectivity index (χ4n) is 4.83. The zero-order valence-corrected chi connectivity index (χ0v) is 22.5. The topological polar surface area (TPSA) is 58.6 Å². The number of halogens is 1. The predicted octanol–water partition coefficient (Wildman–Crippen LogP) is 7.03. The van der Waals surface area contributed by atoms with Crippen LogP contribution in [0.15, 0.2) is 96.0 Å². The van der Waals surface area contributed by atoms with Gasteiger partial charge in [0, 0.05) is 41.5 Å². The van der Waals surface area contributed by atoms with Crippen molar-refractivity contribution in [2.24, 2.45) is 5.41 Å². The van der Waals surface area contributed by atoms with Gasteiger partial charge in [0.1, 0.15) is 12.4 Å². The molecule has 37 heavy (non-hydrogen) atoms. The van der Waals surface area contributed by atoms with Crippen molar-refractivity contribution in [1.29, 1.82) is 0 Å². The van der Waals surface area contributed by atoms with Gasteiger partial charge in [-0.2, -0.15) is 0 Å². The first-order valence-electron chi connectivity index (χ1n) is 12.4. The van der Waals surface area contributed by atoms with E-state index >= 15 is 0 Å². The van der Waals surface area contributed by atoms with Crippen LogP contribution in [-0.2, 0) is 16.2 Å². The van der Waals surface area contributed by atoms with Crippen LogP contribution in [-0.4, -0.2) is 16.6 Å². The highest BCUT2D eigenvalue weighted by Gasteiger charge is 2.40. The van der Waals surface area contributed by atoms with Gasteiger partial charge in [-0.3, -0.25) is 9.59 Å². The van der Waals surface area contributed by atoms with Crippen molar-refractivity contribution in [3.05, 3.63) is 112 Å². The Morgan fingerprint density at radius 3 is 2.57 bits per heavy atom. The summed E-state index contributed by atoms with van der Waals surface area (Å²) in [6, 6.07) is 14.7. The van der Waals surface area contributed by atoms with Gasteiger partial charge in [0.05, 0.1) is 6.04 Å². The van der Waals surface area contributed by atoms with E-state index in [1.807, 2.05) is 67.6 Å². The Kier molecular flexibility index (Phi) is 8.03. The highest BCUT2D eigenvalue weighted by molar-refractivity contribution is 6.31. The van der Waals surface area contributed by atoms with Crippen LogP contribution in [0.4, 0.5) is 0 Å². The van der Waals surface area contributed by atoms with E-state index in [1.54, 1.807) is 23.2 Å². The van der Waals surface area contributed by atoms with E-state index in [0.717, 1.165) is 17.0 Å². The van der Waals surface area contributed by atoms with Crippen molar-refractivity contribution >= 4 is 23.3 Å². The summed E-state index contributed by atoms with van der Waals surface area (Å²) >= 11 is 6.86. The number of benzene rings is 2. The molecule has 2 aromatic rings. The molecule has 1 amide bonds. The molecule has 4 rings (SSSR count). The maximum absolute atomic E-state index is 13.7. The Bertz CT molecular complexity index is 1300. The van der Waals surface area contributed by atoms with Gasteiger partial charge in [-0.1, -0.05) is 74.0 Å². The van der Waals surface area contributed by atoms with Crippen LogP contribution < -0.4 is 10.1 Å². The summed E-state index contributed by atoms with van der Waals surface area (Å²) in [6.07, 6.45) is 10.3. The number of ketones is 1. The van der Waals surface area contributed by atoms with Gasteiger partial charge in [0.15, 0.2) is 5.78 Å². The second-order valence-corrected chi connectivity index (χ2v) is 10.7. The standard InChI is InChI=1S/C31H33ClN2O3/c1-21-11-7-6-10-16-34(22(2)35)30(29-27(33-21)18-31(3,4)19-28(29)36)25-15-14-24(17-26(25)32)37-20-23-12-8-5-9-13-23/h5-17,30,33H,18-20H2,1-4H3/b7-6-,16-10+,21-11+. The Morgan fingerprint density at radius 2 is 1.86 bits per heavy atom. The van der Waals surface area contributed by atoms with Gasteiger partial charge >= 0.3 is 0 Å². The molecule has 0 fully saturated rings. The molecule has 0 bridgehead atoms. The SMILES string of the molecule is CC(=O)N1/C=C/C=C\C=C(/C)NC2=C(C(=O)CC(C)(C)C2)C1c1ccc(OCc2ccccc2)cc1Cl. The Morgan fingerprint density at radius 1 is 1.11 bits per heavy atom. The molecule has 1 N–H and O–H groups in total. The molecule has 1 unspecified atom stereocenters. The van der Waals surface area contributed by atoms with E-state index in [9.17, 15) is 9.59 Å². The third-order valence-corrected chi connectivity index (χ3v) is 6.84. The van der Waals surface area contributed by atoms with Crippen LogP contribution in [0.1, 0.15) is 57.7 Å². The summed E-state index contributed by atoms with van der Waals surface area (Å²) in [7, 11) is 0. The minimum Gasteiger partial charge on any atom is -0.489 e. The summed E-state index contributed by atoms with van der Waals surface area (Å²) in [5, 5.41) is 3.89. The predicted molar refractivity (Wildman–Crippen MR) is 148 cm³/mol. The molecule has 2 aromatic carbocycles. The fourth-order valence-corrected chi connectivity index (χ4v) is 5.10. The number of rotatable bonds is 4. The van der Waals surface area contributed by atoms with Crippen LogP contribution in [0.3, 0.4) is 0 Å². The van der Waals surface area contributed by atoms with Crippen molar-refractivity contribution in [1.82, 2.24) is 10.2 Å². The second-order valence-electron chi connectivity index (χ2n) is 10.3. The quantitative estimate of drug-likeness (QED) is 0.474. The molecule has 0 aromatic heterocycles. The Hall–Kier alpha value is -3.57. The third-order valence-electron chi connectivity index (χ3n) is 6.51. The minimum atomic E-state index is -0.685. The smallest absolute Gasteiger partial charge is 0.224 e. The molecule has 1 aliphatic carbocycles. The van der Waals surface area contributed by atoms with Crippen molar-refractivity contribution in [2.45, 2.75) is 53.2 Å². The molecular formula is C31H33ClN2O3. The van der Waals surface area contributed by atoms with Crippen molar-refractivity contribution in [3.63, 3.8) is 0 Å². The van der Waals surface area contributed by atoms with E-state index in [4.69, 9.17) is 16.3 Å². The van der Waals surface area contributed by atoms with Crippen molar-refractivity contribution in [3.8, 4) is 5.75 Å². The number of nitrogens with one attached hydrogen (secondary N) is 1. The van der Waals surface area contributed by atoms with Crippen molar-refractivity contribution < 1.29 is 14.3 Å². The van der Waals surface area contributed by atoms with E-state index in [-0.39, 0.29) is 17.1 Å². The second kappa shape index (κ2) is 11.2. The monoisotopic (exact) mass is 516 g/mol. The summed E-state index contributed by atoms with van der Waals surface area (Å²) in [4.78, 5) is 28.3. The minimum absolute atomic E-state index is 0.00359. The number of ether oxygens (including phenoxy) is 1. The largest absolute Gasteiger partial charge is 0.489 e. The number of hydrogen-bond donors (Lipinski definition) is 1. The first-order chi connectivity index (χ1) is 17.6. The molecule has 0 saturated carbocycles. The highest BCUT2D eigenvalue weighted by Crippen LogP contribution is 2.44. The lowest BCUT2D eigenvalue weighted by Gasteiger charge is -2.38. The van der Waals surface area contributed by atoms with Gasteiger partial charge in [-0.25, -0.2) is 0 Å². The number of allylic oxidation sites excluding steroid dienone is 6. The number of carbonyl (C=O) groups excluding carboxylic acids is 2. The van der Waals surface area contributed by atoms with Crippen LogP contribution in [0, 0.1) is 5.41 Å². The molecule has 192 valence electrons. The Balaban J connectivity index is 1.81. The maximum atomic E-state index is 13.7.